The van der Waals surface area contributed by atoms with Crippen LogP contribution in [-0.2, 0) is 14.3 Å². The molecule has 0 aromatic carbocycles. The number of carboxylic acids is 1. The number of allylic oxidation sites excluding steroid dienone is 1. The van der Waals surface area contributed by atoms with Crippen molar-refractivity contribution < 1.29 is 19.4 Å². The molecule has 1 aliphatic carbocycles. The van der Waals surface area contributed by atoms with Gasteiger partial charge in [0.25, 0.3) is 0 Å². The molecule has 0 radical (unpaired) electrons. The van der Waals surface area contributed by atoms with Gasteiger partial charge in [0.05, 0.1) is 0 Å². The average Bonchev–Trinajstić information content (AvgIpc) is 2.59. The van der Waals surface area contributed by atoms with Crippen molar-refractivity contribution in [1.29, 1.82) is 0 Å². The SMILES string of the molecule is C/C=C/C1OC2(CCCCC2)OC1C(=O)O. The van der Waals surface area contributed by atoms with Crippen molar-refractivity contribution >= 4 is 5.97 Å². The van der Waals surface area contributed by atoms with E-state index in [1.165, 1.54) is 6.42 Å². The summed E-state index contributed by atoms with van der Waals surface area (Å²) in [6.07, 6.45) is 7.18. The van der Waals surface area contributed by atoms with Gasteiger partial charge >= 0.3 is 5.97 Å². The fourth-order valence-corrected chi connectivity index (χ4v) is 2.48. The summed E-state index contributed by atoms with van der Waals surface area (Å²) in [7, 11) is 0. The van der Waals surface area contributed by atoms with Crippen LogP contribution in [0.3, 0.4) is 0 Å². The van der Waals surface area contributed by atoms with Gasteiger partial charge in [-0.15, -0.1) is 0 Å². The van der Waals surface area contributed by atoms with E-state index in [2.05, 4.69) is 0 Å². The number of hydrogen-bond acceptors (Lipinski definition) is 3. The first-order valence-electron chi connectivity index (χ1n) is 5.88. The predicted molar refractivity (Wildman–Crippen MR) is 58.0 cm³/mol. The standard InChI is InChI=1S/C12H18O4/c1-2-6-9-10(11(13)14)16-12(15-9)7-4-3-5-8-12/h2,6,9-10H,3-5,7-8H2,1H3,(H,13,14)/b6-2+. The molecule has 0 aromatic rings. The molecule has 90 valence electrons. The number of rotatable bonds is 2. The molecule has 16 heavy (non-hydrogen) atoms. The van der Waals surface area contributed by atoms with E-state index in [-0.39, 0.29) is 0 Å². The van der Waals surface area contributed by atoms with Gasteiger partial charge in [0, 0.05) is 12.8 Å². The molecule has 0 bridgehead atoms. The third-order valence-corrected chi connectivity index (χ3v) is 3.23. The Kier molecular flexibility index (Phi) is 3.30. The molecular formula is C12H18O4. The minimum atomic E-state index is -0.939. The normalized spacial score (nSPS) is 33.6. The highest BCUT2D eigenvalue weighted by molar-refractivity contribution is 5.74. The number of hydrogen-bond donors (Lipinski definition) is 1. The van der Waals surface area contributed by atoms with Crippen LogP contribution in [0.25, 0.3) is 0 Å². The number of aliphatic carboxylic acids is 1. The molecule has 0 aromatic heterocycles. The van der Waals surface area contributed by atoms with Crippen LogP contribution in [-0.4, -0.2) is 29.1 Å². The van der Waals surface area contributed by atoms with Gasteiger partial charge in [0.1, 0.15) is 6.10 Å². The molecule has 1 aliphatic heterocycles. The minimum Gasteiger partial charge on any atom is -0.479 e. The lowest BCUT2D eigenvalue weighted by molar-refractivity contribution is -0.196. The third-order valence-electron chi connectivity index (χ3n) is 3.23. The van der Waals surface area contributed by atoms with Crippen LogP contribution in [0.2, 0.25) is 0 Å². The smallest absolute Gasteiger partial charge is 0.336 e. The van der Waals surface area contributed by atoms with E-state index in [0.717, 1.165) is 25.7 Å². The van der Waals surface area contributed by atoms with E-state index in [1.807, 2.05) is 13.0 Å². The molecule has 1 saturated heterocycles. The molecule has 0 amide bonds. The second-order valence-corrected chi connectivity index (χ2v) is 4.46. The van der Waals surface area contributed by atoms with E-state index < -0.39 is 24.0 Å². The van der Waals surface area contributed by atoms with Crippen molar-refractivity contribution in [3.63, 3.8) is 0 Å². The number of ether oxygens (including phenoxy) is 2. The zero-order valence-electron chi connectivity index (χ0n) is 9.52. The minimum absolute atomic E-state index is 0.444. The topological polar surface area (TPSA) is 55.8 Å². The molecule has 1 saturated carbocycles. The van der Waals surface area contributed by atoms with Crippen molar-refractivity contribution in [1.82, 2.24) is 0 Å². The van der Waals surface area contributed by atoms with Crippen LogP contribution < -0.4 is 0 Å². The fourth-order valence-electron chi connectivity index (χ4n) is 2.48. The zero-order valence-corrected chi connectivity index (χ0v) is 9.52. The first-order chi connectivity index (χ1) is 7.67. The lowest BCUT2D eigenvalue weighted by Gasteiger charge is -2.31. The zero-order chi connectivity index (χ0) is 11.6. The highest BCUT2D eigenvalue weighted by Gasteiger charge is 2.49. The molecule has 2 unspecified atom stereocenters. The van der Waals surface area contributed by atoms with Gasteiger partial charge in [-0.2, -0.15) is 0 Å². The molecule has 4 nitrogen and oxygen atoms in total. The summed E-state index contributed by atoms with van der Waals surface area (Å²) in [4.78, 5) is 11.1. The van der Waals surface area contributed by atoms with Crippen molar-refractivity contribution in [3.8, 4) is 0 Å². The highest BCUT2D eigenvalue weighted by atomic mass is 16.8. The monoisotopic (exact) mass is 226 g/mol. The average molecular weight is 226 g/mol. The largest absolute Gasteiger partial charge is 0.479 e. The molecule has 2 fully saturated rings. The van der Waals surface area contributed by atoms with Crippen LogP contribution in [0.5, 0.6) is 0 Å². The lowest BCUT2D eigenvalue weighted by atomic mass is 9.94. The van der Waals surface area contributed by atoms with Gasteiger partial charge in [-0.25, -0.2) is 4.79 Å². The summed E-state index contributed by atoms with van der Waals surface area (Å²) >= 11 is 0. The Hall–Kier alpha value is -0.870. The molecule has 1 N–H and O–H groups in total. The van der Waals surface area contributed by atoms with Crippen LogP contribution in [0.1, 0.15) is 39.0 Å². The van der Waals surface area contributed by atoms with Gasteiger partial charge in [0.15, 0.2) is 11.9 Å². The highest BCUT2D eigenvalue weighted by Crippen LogP contribution is 2.40. The Morgan fingerprint density at radius 3 is 2.56 bits per heavy atom. The summed E-state index contributed by atoms with van der Waals surface area (Å²) in [5, 5.41) is 9.09. The summed E-state index contributed by atoms with van der Waals surface area (Å²) < 4.78 is 11.5. The maximum absolute atomic E-state index is 11.1. The molecule has 2 atom stereocenters. The second kappa shape index (κ2) is 4.55. The van der Waals surface area contributed by atoms with Crippen LogP contribution in [0, 0.1) is 0 Å². The summed E-state index contributed by atoms with van der Waals surface area (Å²) in [6, 6.07) is 0. The van der Waals surface area contributed by atoms with Gasteiger partial charge < -0.3 is 14.6 Å². The summed E-state index contributed by atoms with van der Waals surface area (Å²) in [5.41, 5.74) is 0. The van der Waals surface area contributed by atoms with Gasteiger partial charge in [-0.1, -0.05) is 18.6 Å². The molecule has 4 heteroatoms. The first-order valence-corrected chi connectivity index (χ1v) is 5.88. The predicted octanol–water partition coefficient (Wildman–Crippen LogP) is 2.09. The Morgan fingerprint density at radius 2 is 2.00 bits per heavy atom. The van der Waals surface area contributed by atoms with Crippen molar-refractivity contribution in [2.24, 2.45) is 0 Å². The number of carboxylic acid groups (broad SMARTS) is 1. The van der Waals surface area contributed by atoms with Crippen molar-refractivity contribution in [2.45, 2.75) is 57.0 Å². The van der Waals surface area contributed by atoms with E-state index in [1.54, 1.807) is 6.08 Å². The fraction of sp³-hybridized carbons (Fsp3) is 0.750. The first kappa shape index (κ1) is 11.6. The van der Waals surface area contributed by atoms with E-state index in [4.69, 9.17) is 14.6 Å². The van der Waals surface area contributed by atoms with Crippen LogP contribution in [0.4, 0.5) is 0 Å². The second-order valence-electron chi connectivity index (χ2n) is 4.46. The van der Waals surface area contributed by atoms with Crippen LogP contribution >= 0.6 is 0 Å². The van der Waals surface area contributed by atoms with E-state index in [0.29, 0.717) is 0 Å². The number of carbonyl (C=O) groups is 1. The third kappa shape index (κ3) is 2.13. The molecule has 2 aliphatic rings. The van der Waals surface area contributed by atoms with E-state index in [9.17, 15) is 4.79 Å². The summed E-state index contributed by atoms with van der Waals surface area (Å²) in [5.74, 6) is -1.57. The van der Waals surface area contributed by atoms with E-state index >= 15 is 0 Å². The van der Waals surface area contributed by atoms with Crippen molar-refractivity contribution in [3.05, 3.63) is 12.2 Å². The maximum atomic E-state index is 11.1. The Morgan fingerprint density at radius 1 is 1.31 bits per heavy atom. The molecular weight excluding hydrogens is 208 g/mol. The van der Waals surface area contributed by atoms with Gasteiger partial charge in [0.2, 0.25) is 0 Å². The van der Waals surface area contributed by atoms with Gasteiger partial charge in [-0.3, -0.25) is 0 Å². The van der Waals surface area contributed by atoms with Gasteiger partial charge in [-0.05, 0) is 19.8 Å². The van der Waals surface area contributed by atoms with Crippen LogP contribution in [0.15, 0.2) is 12.2 Å². The molecule has 2 rings (SSSR count). The summed E-state index contributed by atoms with van der Waals surface area (Å²) in [6.45, 7) is 1.86. The molecule has 1 spiro atoms. The Labute approximate surface area is 95.2 Å². The molecule has 1 heterocycles. The Balaban J connectivity index is 2.12. The van der Waals surface area contributed by atoms with Crippen molar-refractivity contribution in [2.75, 3.05) is 0 Å². The quantitative estimate of drug-likeness (QED) is 0.732. The lowest BCUT2D eigenvalue weighted by Crippen LogP contribution is -2.34. The Bertz CT molecular complexity index is 291. The maximum Gasteiger partial charge on any atom is 0.336 e.